The highest BCUT2D eigenvalue weighted by atomic mass is 15.3. The van der Waals surface area contributed by atoms with Crippen molar-refractivity contribution in [2.24, 2.45) is 0 Å². The first-order chi connectivity index (χ1) is 5.47. The number of para-hydroxylation sites is 1. The summed E-state index contributed by atoms with van der Waals surface area (Å²) in [5.74, 6) is 0. The minimum atomic E-state index is 1.06. The Morgan fingerprint density at radius 1 is 1.18 bits per heavy atom. The van der Waals surface area contributed by atoms with Gasteiger partial charge in [-0.3, -0.25) is 0 Å². The summed E-state index contributed by atoms with van der Waals surface area (Å²) >= 11 is 0. The number of aromatic nitrogens is 2. The van der Waals surface area contributed by atoms with Crippen molar-refractivity contribution in [3.05, 3.63) is 48.8 Å². The molecule has 0 aliphatic carbocycles. The highest BCUT2D eigenvalue weighted by Crippen LogP contribution is 2.02. The molecule has 0 saturated carbocycles. The summed E-state index contributed by atoms with van der Waals surface area (Å²) in [6.07, 6.45) is 4.61. The van der Waals surface area contributed by atoms with Crippen molar-refractivity contribution in [2.75, 3.05) is 0 Å². The fourth-order valence-corrected chi connectivity index (χ4v) is 0.957. The quantitative estimate of drug-likeness (QED) is 0.593. The molecule has 11 heavy (non-hydrogen) atoms. The largest absolute Gasteiger partial charge is 0.240 e. The molecule has 1 aromatic carbocycles. The van der Waals surface area contributed by atoms with Gasteiger partial charge in [0.2, 0.25) is 0 Å². The van der Waals surface area contributed by atoms with Crippen LogP contribution in [-0.2, 0) is 0 Å². The lowest BCUT2D eigenvalue weighted by molar-refractivity contribution is 0.877. The molecule has 0 bridgehead atoms. The number of hydrogen-bond donors (Lipinski definition) is 0. The second kappa shape index (κ2) is 2.58. The van der Waals surface area contributed by atoms with Gasteiger partial charge >= 0.3 is 0 Å². The van der Waals surface area contributed by atoms with E-state index in [0.717, 1.165) is 5.69 Å². The first-order valence-corrected chi connectivity index (χ1v) is 3.44. The van der Waals surface area contributed by atoms with Crippen LogP contribution < -0.4 is 0 Å². The van der Waals surface area contributed by atoms with Gasteiger partial charge in [0.05, 0.1) is 5.69 Å². The van der Waals surface area contributed by atoms with Crippen molar-refractivity contribution in [3.63, 3.8) is 0 Å². The van der Waals surface area contributed by atoms with Crippen molar-refractivity contribution in [1.82, 2.24) is 9.78 Å². The van der Waals surface area contributed by atoms with Gasteiger partial charge < -0.3 is 0 Å². The Labute approximate surface area is 65.1 Å². The Morgan fingerprint density at radius 2 is 2.00 bits per heavy atom. The Morgan fingerprint density at radius 3 is 2.64 bits per heavy atom. The molecule has 1 radical (unpaired) electrons. The lowest BCUT2D eigenvalue weighted by Crippen LogP contribution is -1.92. The van der Waals surface area contributed by atoms with E-state index in [2.05, 4.69) is 11.3 Å². The summed E-state index contributed by atoms with van der Waals surface area (Å²) < 4.78 is 1.78. The predicted molar refractivity (Wildman–Crippen MR) is 42.4 cm³/mol. The minimum absolute atomic E-state index is 1.06. The van der Waals surface area contributed by atoms with Crippen LogP contribution in [0.2, 0.25) is 0 Å². The molecule has 0 saturated heterocycles. The van der Waals surface area contributed by atoms with Crippen molar-refractivity contribution in [2.45, 2.75) is 0 Å². The van der Waals surface area contributed by atoms with Crippen LogP contribution in [0.5, 0.6) is 0 Å². The average molecular weight is 143 g/mol. The molecule has 2 heteroatoms. The normalized spacial score (nSPS) is 9.82. The second-order valence-corrected chi connectivity index (χ2v) is 2.22. The molecular weight excluding hydrogens is 136 g/mol. The van der Waals surface area contributed by atoms with E-state index in [1.165, 1.54) is 0 Å². The number of nitrogens with zero attached hydrogens (tertiary/aromatic N) is 2. The van der Waals surface area contributed by atoms with Crippen LogP contribution in [0.4, 0.5) is 0 Å². The van der Waals surface area contributed by atoms with Crippen molar-refractivity contribution < 1.29 is 0 Å². The highest BCUT2D eigenvalue weighted by Gasteiger charge is 1.90. The first kappa shape index (κ1) is 6.16. The molecule has 0 atom stereocenters. The van der Waals surface area contributed by atoms with E-state index in [4.69, 9.17) is 0 Å². The van der Waals surface area contributed by atoms with E-state index in [0.29, 0.717) is 0 Å². The summed E-state index contributed by atoms with van der Waals surface area (Å²) in [6, 6.07) is 11.7. The third kappa shape index (κ3) is 1.15. The van der Waals surface area contributed by atoms with Crippen molar-refractivity contribution in [1.29, 1.82) is 0 Å². The van der Waals surface area contributed by atoms with Crippen LogP contribution in [0.25, 0.3) is 5.69 Å². The van der Waals surface area contributed by atoms with E-state index >= 15 is 0 Å². The van der Waals surface area contributed by atoms with Crippen molar-refractivity contribution >= 4 is 0 Å². The van der Waals surface area contributed by atoms with Gasteiger partial charge in [-0.05, 0) is 18.2 Å². The lowest BCUT2D eigenvalue weighted by Gasteiger charge is -1.97. The lowest BCUT2D eigenvalue weighted by atomic mass is 10.3. The van der Waals surface area contributed by atoms with E-state index in [-0.39, 0.29) is 0 Å². The monoisotopic (exact) mass is 143 g/mol. The summed E-state index contributed by atoms with van der Waals surface area (Å²) in [6.45, 7) is 0. The molecule has 2 aromatic rings. The Kier molecular flexibility index (Phi) is 1.44. The Hall–Kier alpha value is -1.57. The molecule has 2 nitrogen and oxygen atoms in total. The van der Waals surface area contributed by atoms with Gasteiger partial charge in [0, 0.05) is 6.20 Å². The molecule has 53 valence electrons. The molecule has 2 rings (SSSR count). The van der Waals surface area contributed by atoms with Gasteiger partial charge in [-0.1, -0.05) is 18.2 Å². The Balaban J connectivity index is 2.46. The van der Waals surface area contributed by atoms with Gasteiger partial charge in [-0.15, -0.1) is 0 Å². The van der Waals surface area contributed by atoms with E-state index < -0.39 is 0 Å². The topological polar surface area (TPSA) is 17.8 Å². The van der Waals surface area contributed by atoms with Gasteiger partial charge in [0.25, 0.3) is 0 Å². The van der Waals surface area contributed by atoms with Crippen LogP contribution in [0.15, 0.2) is 42.6 Å². The minimum Gasteiger partial charge on any atom is -0.240 e. The Bertz CT molecular complexity index is 311. The van der Waals surface area contributed by atoms with Crippen LogP contribution in [0, 0.1) is 6.20 Å². The van der Waals surface area contributed by atoms with E-state index in [1.807, 2.05) is 36.5 Å². The number of benzene rings is 1. The molecule has 0 aliphatic rings. The molecule has 0 amide bonds. The smallest absolute Gasteiger partial charge is 0.113 e. The highest BCUT2D eigenvalue weighted by molar-refractivity contribution is 5.29. The summed E-state index contributed by atoms with van der Waals surface area (Å²) in [5, 5.41) is 3.98. The van der Waals surface area contributed by atoms with Crippen LogP contribution >= 0.6 is 0 Å². The molecule has 0 unspecified atom stereocenters. The number of rotatable bonds is 1. The van der Waals surface area contributed by atoms with Crippen molar-refractivity contribution in [3.8, 4) is 5.69 Å². The molecule has 0 aliphatic heterocycles. The molecule has 1 aromatic heterocycles. The van der Waals surface area contributed by atoms with E-state index in [9.17, 15) is 0 Å². The molecular formula is C9H7N2. The summed E-state index contributed by atoms with van der Waals surface area (Å²) in [5.41, 5.74) is 1.06. The third-order valence-corrected chi connectivity index (χ3v) is 1.48. The van der Waals surface area contributed by atoms with Crippen LogP contribution in [0.3, 0.4) is 0 Å². The maximum absolute atomic E-state index is 3.98. The third-order valence-electron chi connectivity index (χ3n) is 1.48. The van der Waals surface area contributed by atoms with Gasteiger partial charge in [-0.25, -0.2) is 4.68 Å². The van der Waals surface area contributed by atoms with Gasteiger partial charge in [-0.2, -0.15) is 5.10 Å². The zero-order valence-electron chi connectivity index (χ0n) is 5.94. The SMILES string of the molecule is [c]1ccn(-c2ccccc2)n1. The van der Waals surface area contributed by atoms with Gasteiger partial charge in [0.1, 0.15) is 6.20 Å². The molecule has 0 spiro atoms. The zero-order chi connectivity index (χ0) is 7.52. The summed E-state index contributed by atoms with van der Waals surface area (Å²) in [7, 11) is 0. The zero-order valence-corrected chi connectivity index (χ0v) is 5.94. The fourth-order valence-electron chi connectivity index (χ4n) is 0.957. The van der Waals surface area contributed by atoms with Crippen LogP contribution in [0.1, 0.15) is 0 Å². The first-order valence-electron chi connectivity index (χ1n) is 3.44. The second-order valence-electron chi connectivity index (χ2n) is 2.22. The van der Waals surface area contributed by atoms with Gasteiger partial charge in [0.15, 0.2) is 0 Å². The maximum atomic E-state index is 3.98. The van der Waals surface area contributed by atoms with E-state index in [1.54, 1.807) is 10.7 Å². The molecule has 0 fully saturated rings. The van der Waals surface area contributed by atoms with Crippen LogP contribution in [-0.4, -0.2) is 9.78 Å². The molecule has 1 heterocycles. The predicted octanol–water partition coefficient (Wildman–Crippen LogP) is 1.67. The number of hydrogen-bond acceptors (Lipinski definition) is 1. The summed E-state index contributed by atoms with van der Waals surface area (Å²) in [4.78, 5) is 0. The maximum Gasteiger partial charge on any atom is 0.113 e. The molecule has 0 N–H and O–H groups in total. The average Bonchev–Trinajstić information content (AvgIpc) is 2.58. The standard InChI is InChI=1S/C9H7N2/c1-2-5-9(6-3-1)11-8-4-7-10-11/h1-6,8H. The fraction of sp³-hybridized carbons (Fsp3) is 0.